The molecule has 1 heterocycles. The maximum atomic E-state index is 4.89. The van der Waals surface area contributed by atoms with Crippen LogP contribution in [0.4, 0.5) is 0 Å². The summed E-state index contributed by atoms with van der Waals surface area (Å²) in [6, 6.07) is 0. The van der Waals surface area contributed by atoms with E-state index in [0.717, 1.165) is 11.4 Å². The van der Waals surface area contributed by atoms with Gasteiger partial charge in [-0.3, -0.25) is 5.10 Å². The minimum atomic E-state index is 0.810. The number of rotatable bonds is 1. The van der Waals surface area contributed by atoms with E-state index in [1.54, 1.807) is 13.3 Å². The maximum Gasteiger partial charge on any atom is 0.159 e. The van der Waals surface area contributed by atoms with Gasteiger partial charge in [0, 0.05) is 0 Å². The number of aromatic amines is 1. The molecule has 0 fully saturated rings. The summed E-state index contributed by atoms with van der Waals surface area (Å²) in [7, 11) is 1.62. The summed E-state index contributed by atoms with van der Waals surface area (Å²) < 4.78 is 4.89. The van der Waals surface area contributed by atoms with Gasteiger partial charge in [-0.15, -0.1) is 0 Å². The van der Waals surface area contributed by atoms with E-state index in [0.29, 0.717) is 0 Å². The third-order valence-corrected chi connectivity index (χ3v) is 1.00. The summed E-state index contributed by atoms with van der Waals surface area (Å²) in [5, 5.41) is 6.51. The smallest absolute Gasteiger partial charge is 0.159 e. The van der Waals surface area contributed by atoms with Crippen molar-refractivity contribution in [3.05, 3.63) is 11.9 Å². The molecule has 1 aromatic heterocycles. The predicted molar refractivity (Wildman–Crippen MR) is 29.9 cm³/mol. The zero-order chi connectivity index (χ0) is 5.98. The monoisotopic (exact) mass is 112 g/mol. The number of hydrogen-bond donors (Lipinski definition) is 1. The second kappa shape index (κ2) is 1.86. The molecule has 8 heavy (non-hydrogen) atoms. The van der Waals surface area contributed by atoms with Crippen LogP contribution < -0.4 is 4.74 Å². The van der Waals surface area contributed by atoms with Gasteiger partial charge in [-0.1, -0.05) is 0 Å². The zero-order valence-electron chi connectivity index (χ0n) is 4.93. The fourth-order valence-corrected chi connectivity index (χ4v) is 0.554. The molecule has 0 unspecified atom stereocenters. The number of H-pyrrole nitrogens is 1. The molecular weight excluding hydrogens is 104 g/mol. The quantitative estimate of drug-likeness (QED) is 0.581. The molecule has 3 nitrogen and oxygen atoms in total. The molecule has 44 valence electrons. The number of ether oxygens (including phenoxy) is 1. The highest BCUT2D eigenvalue weighted by atomic mass is 16.5. The maximum absolute atomic E-state index is 4.89. The Labute approximate surface area is 47.7 Å². The molecule has 0 aromatic carbocycles. The first-order valence-electron chi connectivity index (χ1n) is 2.39. The van der Waals surface area contributed by atoms with Crippen LogP contribution in [-0.2, 0) is 0 Å². The lowest BCUT2D eigenvalue weighted by Gasteiger charge is -1.90. The average Bonchev–Trinajstić information content (AvgIpc) is 2.14. The molecule has 0 aliphatic rings. The van der Waals surface area contributed by atoms with Gasteiger partial charge in [-0.25, -0.2) is 0 Å². The van der Waals surface area contributed by atoms with Crippen LogP contribution in [0.5, 0.6) is 5.75 Å². The van der Waals surface area contributed by atoms with Gasteiger partial charge in [0.15, 0.2) is 5.75 Å². The van der Waals surface area contributed by atoms with Crippen molar-refractivity contribution >= 4 is 0 Å². The Kier molecular flexibility index (Phi) is 1.20. The van der Waals surface area contributed by atoms with Crippen LogP contribution in [0, 0.1) is 6.92 Å². The molecule has 0 aliphatic heterocycles. The molecule has 1 aromatic rings. The van der Waals surface area contributed by atoms with Gasteiger partial charge in [-0.2, -0.15) is 5.10 Å². The van der Waals surface area contributed by atoms with Crippen LogP contribution >= 0.6 is 0 Å². The summed E-state index contributed by atoms with van der Waals surface area (Å²) in [5.41, 5.74) is 0.896. The molecule has 0 bridgehead atoms. The van der Waals surface area contributed by atoms with Crippen LogP contribution in [0.2, 0.25) is 0 Å². The first-order chi connectivity index (χ1) is 3.84. The van der Waals surface area contributed by atoms with Crippen LogP contribution in [0.3, 0.4) is 0 Å². The molecule has 0 saturated heterocycles. The number of methoxy groups -OCH3 is 1. The van der Waals surface area contributed by atoms with Crippen molar-refractivity contribution in [2.75, 3.05) is 7.11 Å². The van der Waals surface area contributed by atoms with Gasteiger partial charge < -0.3 is 4.74 Å². The predicted octanol–water partition coefficient (Wildman–Crippen LogP) is 0.727. The van der Waals surface area contributed by atoms with Crippen molar-refractivity contribution in [2.45, 2.75) is 6.92 Å². The lowest BCUT2D eigenvalue weighted by atomic mass is 10.5. The number of hydrogen-bond acceptors (Lipinski definition) is 2. The standard InChI is InChI=1S/C5H8N2O/c1-4-5(8-2)3-6-7-4/h3H,1-2H3,(H,6,7). The zero-order valence-corrected chi connectivity index (χ0v) is 4.93. The Bertz CT molecular complexity index is 171. The van der Waals surface area contributed by atoms with Gasteiger partial charge in [0.2, 0.25) is 0 Å². The number of aromatic nitrogens is 2. The lowest BCUT2D eigenvalue weighted by Crippen LogP contribution is -1.80. The third-order valence-electron chi connectivity index (χ3n) is 1.00. The van der Waals surface area contributed by atoms with Crippen molar-refractivity contribution in [1.29, 1.82) is 0 Å². The first kappa shape index (κ1) is 5.15. The van der Waals surface area contributed by atoms with Crippen LogP contribution in [0.15, 0.2) is 6.20 Å². The Hall–Kier alpha value is -0.990. The summed E-state index contributed by atoms with van der Waals surface area (Å²) in [4.78, 5) is 0. The van der Waals surface area contributed by atoms with Gasteiger partial charge in [-0.05, 0) is 6.92 Å². The summed E-state index contributed by atoms with van der Waals surface area (Å²) in [5.74, 6) is 0.810. The van der Waals surface area contributed by atoms with Gasteiger partial charge in [0.1, 0.15) is 5.69 Å². The molecule has 0 saturated carbocycles. The third kappa shape index (κ3) is 0.665. The van der Waals surface area contributed by atoms with Gasteiger partial charge >= 0.3 is 0 Å². The molecular formula is C5H8N2O. The molecule has 0 aliphatic carbocycles. The highest BCUT2D eigenvalue weighted by Crippen LogP contribution is 2.10. The normalized spacial score (nSPS) is 9.25. The second-order valence-electron chi connectivity index (χ2n) is 1.54. The van der Waals surface area contributed by atoms with E-state index in [9.17, 15) is 0 Å². The van der Waals surface area contributed by atoms with Crippen molar-refractivity contribution in [3.8, 4) is 5.75 Å². The molecule has 1 rings (SSSR count). The number of nitrogens with one attached hydrogen (secondary N) is 1. The molecule has 0 amide bonds. The van der Waals surface area contributed by atoms with Crippen LogP contribution in [0.1, 0.15) is 5.69 Å². The summed E-state index contributed by atoms with van der Waals surface area (Å²) in [6.45, 7) is 1.88. The Balaban J connectivity index is 2.92. The Morgan fingerprint density at radius 1 is 1.75 bits per heavy atom. The van der Waals surface area contributed by atoms with Gasteiger partial charge in [0.25, 0.3) is 0 Å². The number of aryl methyl sites for hydroxylation is 1. The number of nitrogens with zero attached hydrogens (tertiary/aromatic N) is 1. The van der Waals surface area contributed by atoms with Crippen LogP contribution in [-0.4, -0.2) is 17.3 Å². The van der Waals surface area contributed by atoms with E-state index in [1.807, 2.05) is 6.92 Å². The van der Waals surface area contributed by atoms with Crippen molar-refractivity contribution in [3.63, 3.8) is 0 Å². The minimum absolute atomic E-state index is 0.810. The van der Waals surface area contributed by atoms with E-state index in [2.05, 4.69) is 10.2 Å². The molecule has 0 radical (unpaired) electrons. The molecule has 0 atom stereocenters. The average molecular weight is 112 g/mol. The van der Waals surface area contributed by atoms with E-state index in [1.165, 1.54) is 0 Å². The van der Waals surface area contributed by atoms with E-state index in [-0.39, 0.29) is 0 Å². The van der Waals surface area contributed by atoms with E-state index >= 15 is 0 Å². The Morgan fingerprint density at radius 2 is 2.50 bits per heavy atom. The summed E-state index contributed by atoms with van der Waals surface area (Å²) in [6.07, 6.45) is 1.72. The second-order valence-corrected chi connectivity index (χ2v) is 1.54. The Morgan fingerprint density at radius 3 is 2.75 bits per heavy atom. The minimum Gasteiger partial charge on any atom is -0.493 e. The van der Waals surface area contributed by atoms with Gasteiger partial charge in [0.05, 0.1) is 13.3 Å². The highest BCUT2D eigenvalue weighted by Gasteiger charge is 1.95. The van der Waals surface area contributed by atoms with E-state index < -0.39 is 0 Å². The molecule has 1 N–H and O–H groups in total. The molecule has 0 spiro atoms. The highest BCUT2D eigenvalue weighted by molar-refractivity contribution is 5.21. The summed E-state index contributed by atoms with van der Waals surface area (Å²) >= 11 is 0. The van der Waals surface area contributed by atoms with Crippen molar-refractivity contribution in [1.82, 2.24) is 10.2 Å². The topological polar surface area (TPSA) is 37.9 Å². The molecule has 3 heteroatoms. The van der Waals surface area contributed by atoms with Crippen molar-refractivity contribution in [2.24, 2.45) is 0 Å². The first-order valence-corrected chi connectivity index (χ1v) is 2.39. The van der Waals surface area contributed by atoms with Crippen molar-refractivity contribution < 1.29 is 4.74 Å². The van der Waals surface area contributed by atoms with Crippen LogP contribution in [0.25, 0.3) is 0 Å². The fourth-order valence-electron chi connectivity index (χ4n) is 0.554. The van der Waals surface area contributed by atoms with E-state index in [4.69, 9.17) is 4.74 Å². The lowest BCUT2D eigenvalue weighted by molar-refractivity contribution is 0.412. The largest absolute Gasteiger partial charge is 0.493 e. The SMILES string of the molecule is COc1c[nH]nc1C. The fraction of sp³-hybridized carbons (Fsp3) is 0.400.